The van der Waals surface area contributed by atoms with Crippen molar-refractivity contribution in [3.8, 4) is 0 Å². The van der Waals surface area contributed by atoms with Gasteiger partial charge in [0.1, 0.15) is 18.7 Å². The number of imide groups is 1. The molecule has 1 aromatic carbocycles. The number of rotatable bonds is 5. The van der Waals surface area contributed by atoms with Crippen LogP contribution in [0.5, 0.6) is 0 Å². The Balaban J connectivity index is 1.31. The van der Waals surface area contributed by atoms with E-state index in [1.54, 1.807) is 31.3 Å². The molecule has 3 aliphatic rings. The third kappa shape index (κ3) is 4.03. The largest absolute Gasteiger partial charge is 0.459 e. The lowest BCUT2D eigenvalue weighted by molar-refractivity contribution is -0.149. The molecule has 2 heterocycles. The summed E-state index contributed by atoms with van der Waals surface area (Å²) in [5.41, 5.74) is 0.560. The number of hydrogen-bond acceptors (Lipinski definition) is 5. The highest BCUT2D eigenvalue weighted by Crippen LogP contribution is 2.39. The molecule has 4 rings (SSSR count). The van der Waals surface area contributed by atoms with Crippen LogP contribution in [0.4, 0.5) is 4.79 Å². The average molecular weight is 428 g/mol. The van der Waals surface area contributed by atoms with E-state index < -0.39 is 17.5 Å². The number of benzene rings is 1. The van der Waals surface area contributed by atoms with Crippen LogP contribution in [0.1, 0.15) is 60.9 Å². The van der Waals surface area contributed by atoms with Crippen LogP contribution in [0.2, 0.25) is 0 Å². The molecule has 8 nitrogen and oxygen atoms in total. The molecule has 31 heavy (non-hydrogen) atoms. The van der Waals surface area contributed by atoms with Gasteiger partial charge in [-0.05, 0) is 43.4 Å². The highest BCUT2D eigenvalue weighted by Gasteiger charge is 2.55. The summed E-state index contributed by atoms with van der Waals surface area (Å²) in [7, 11) is 1.64. The molecule has 0 N–H and O–H groups in total. The normalized spacial score (nSPS) is 20.6. The van der Waals surface area contributed by atoms with Crippen molar-refractivity contribution in [3.05, 3.63) is 35.4 Å². The zero-order valence-corrected chi connectivity index (χ0v) is 18.0. The summed E-state index contributed by atoms with van der Waals surface area (Å²) < 4.78 is 5.30. The fourth-order valence-electron chi connectivity index (χ4n) is 4.86. The van der Waals surface area contributed by atoms with Gasteiger partial charge in [0, 0.05) is 25.7 Å². The summed E-state index contributed by atoms with van der Waals surface area (Å²) in [6.07, 6.45) is 6.22. The van der Waals surface area contributed by atoms with Gasteiger partial charge in [-0.25, -0.2) is 4.79 Å². The van der Waals surface area contributed by atoms with Gasteiger partial charge < -0.3 is 14.5 Å². The second-order valence-corrected chi connectivity index (χ2v) is 8.68. The molecule has 1 spiro atoms. The molecule has 0 radical (unpaired) electrons. The van der Waals surface area contributed by atoms with Gasteiger partial charge in [-0.2, -0.15) is 0 Å². The van der Waals surface area contributed by atoms with Crippen LogP contribution in [0.25, 0.3) is 0 Å². The number of nitrogens with zero attached hydrogens (tertiary/aromatic N) is 3. The first kappa shape index (κ1) is 21.3. The Morgan fingerprint density at radius 1 is 0.968 bits per heavy atom. The first-order chi connectivity index (χ1) is 14.9. The summed E-state index contributed by atoms with van der Waals surface area (Å²) >= 11 is 0. The number of esters is 1. The standard InChI is InChI=1S/C23H29N3O5/c1-24-22(30)26(21(29)23(24)11-3-2-4-12-23)15-19(27)31-16-17-7-9-18(10-8-17)20(28)25-13-5-6-14-25/h7-10H,2-6,11-16H2,1H3. The number of ether oxygens (including phenoxy) is 1. The van der Waals surface area contributed by atoms with Crippen molar-refractivity contribution in [2.45, 2.75) is 57.1 Å². The highest BCUT2D eigenvalue weighted by molar-refractivity contribution is 6.08. The smallest absolute Gasteiger partial charge is 0.327 e. The number of hydrogen-bond donors (Lipinski definition) is 0. The van der Waals surface area contributed by atoms with Crippen LogP contribution < -0.4 is 0 Å². The fourth-order valence-corrected chi connectivity index (χ4v) is 4.86. The third-order valence-electron chi connectivity index (χ3n) is 6.77. The molecule has 2 saturated heterocycles. The molecule has 166 valence electrons. The summed E-state index contributed by atoms with van der Waals surface area (Å²) in [6, 6.07) is 6.55. The number of likely N-dealkylation sites (tertiary alicyclic amines) is 1. The molecule has 0 aromatic heterocycles. The number of carbonyl (C=O) groups is 4. The molecule has 0 bridgehead atoms. The van der Waals surface area contributed by atoms with Gasteiger partial charge in [0.25, 0.3) is 11.8 Å². The maximum atomic E-state index is 12.9. The molecule has 4 amide bonds. The van der Waals surface area contributed by atoms with Crippen molar-refractivity contribution in [2.75, 3.05) is 26.7 Å². The van der Waals surface area contributed by atoms with Crippen LogP contribution in [-0.2, 0) is 20.9 Å². The number of urea groups is 1. The summed E-state index contributed by atoms with van der Waals surface area (Å²) in [4.78, 5) is 54.6. The van der Waals surface area contributed by atoms with Gasteiger partial charge in [0.05, 0.1) is 0 Å². The monoisotopic (exact) mass is 427 g/mol. The molecule has 0 unspecified atom stereocenters. The number of likely N-dealkylation sites (N-methyl/N-ethyl adjacent to an activating group) is 1. The Hall–Kier alpha value is -2.90. The SMILES string of the molecule is CN1C(=O)N(CC(=O)OCc2ccc(C(=O)N3CCCC3)cc2)C(=O)C12CCCCC2. The van der Waals surface area contributed by atoms with Crippen LogP contribution in [0.3, 0.4) is 0 Å². The van der Waals surface area contributed by atoms with Gasteiger partial charge in [0.15, 0.2) is 0 Å². The van der Waals surface area contributed by atoms with E-state index in [9.17, 15) is 19.2 Å². The van der Waals surface area contributed by atoms with Crippen LogP contribution >= 0.6 is 0 Å². The van der Waals surface area contributed by atoms with Crippen molar-refractivity contribution in [1.82, 2.24) is 14.7 Å². The van der Waals surface area contributed by atoms with Crippen molar-refractivity contribution >= 4 is 23.8 Å². The quantitative estimate of drug-likeness (QED) is 0.532. The van der Waals surface area contributed by atoms with Gasteiger partial charge in [-0.15, -0.1) is 0 Å². The Morgan fingerprint density at radius 2 is 1.61 bits per heavy atom. The van der Waals surface area contributed by atoms with E-state index in [4.69, 9.17) is 4.74 Å². The zero-order chi connectivity index (χ0) is 22.0. The number of carbonyl (C=O) groups excluding carboxylic acids is 4. The van der Waals surface area contributed by atoms with E-state index in [1.165, 1.54) is 4.90 Å². The molecule has 8 heteroatoms. The second kappa shape index (κ2) is 8.69. The lowest BCUT2D eigenvalue weighted by Crippen LogP contribution is -2.49. The highest BCUT2D eigenvalue weighted by atomic mass is 16.5. The van der Waals surface area contributed by atoms with Crippen molar-refractivity contribution in [2.24, 2.45) is 0 Å². The fraction of sp³-hybridized carbons (Fsp3) is 0.565. The third-order valence-corrected chi connectivity index (χ3v) is 6.77. The van der Waals surface area contributed by atoms with E-state index in [0.29, 0.717) is 18.4 Å². The average Bonchev–Trinajstić information content (AvgIpc) is 3.39. The molecule has 1 aliphatic carbocycles. The predicted octanol–water partition coefficient (Wildman–Crippen LogP) is 2.56. The van der Waals surface area contributed by atoms with Gasteiger partial charge in [0.2, 0.25) is 0 Å². The second-order valence-electron chi connectivity index (χ2n) is 8.68. The molecular weight excluding hydrogens is 398 g/mol. The Labute approximate surface area is 182 Å². The molecule has 3 fully saturated rings. The van der Waals surface area contributed by atoms with E-state index >= 15 is 0 Å². The first-order valence-electron chi connectivity index (χ1n) is 11.1. The van der Waals surface area contributed by atoms with Crippen molar-refractivity contribution in [3.63, 3.8) is 0 Å². The Kier molecular flexibility index (Phi) is 5.98. The minimum atomic E-state index is -0.798. The van der Waals surface area contributed by atoms with Crippen molar-refractivity contribution in [1.29, 1.82) is 0 Å². The minimum absolute atomic E-state index is 0.0212. The molecule has 2 aliphatic heterocycles. The summed E-state index contributed by atoms with van der Waals surface area (Å²) in [5.74, 6) is -0.894. The summed E-state index contributed by atoms with van der Waals surface area (Å²) in [5, 5.41) is 0. The molecule has 0 atom stereocenters. The topological polar surface area (TPSA) is 87.2 Å². The molecule has 1 aromatic rings. The van der Waals surface area contributed by atoms with E-state index in [1.807, 2.05) is 4.90 Å². The van der Waals surface area contributed by atoms with Gasteiger partial charge >= 0.3 is 12.0 Å². The van der Waals surface area contributed by atoms with Crippen LogP contribution in [0, 0.1) is 0 Å². The maximum Gasteiger partial charge on any atom is 0.327 e. The molecular formula is C23H29N3O5. The minimum Gasteiger partial charge on any atom is -0.459 e. The Morgan fingerprint density at radius 3 is 2.26 bits per heavy atom. The van der Waals surface area contributed by atoms with Gasteiger partial charge in [-0.3, -0.25) is 19.3 Å². The Bertz CT molecular complexity index is 870. The van der Waals surface area contributed by atoms with E-state index in [-0.39, 0.29) is 25.0 Å². The van der Waals surface area contributed by atoms with Crippen LogP contribution in [0.15, 0.2) is 24.3 Å². The predicted molar refractivity (Wildman–Crippen MR) is 112 cm³/mol. The van der Waals surface area contributed by atoms with Crippen LogP contribution in [-0.4, -0.2) is 70.7 Å². The molecule has 1 saturated carbocycles. The van der Waals surface area contributed by atoms with E-state index in [0.717, 1.165) is 55.7 Å². The summed E-state index contributed by atoms with van der Waals surface area (Å²) in [6.45, 7) is 1.23. The van der Waals surface area contributed by atoms with Gasteiger partial charge in [-0.1, -0.05) is 31.4 Å². The lowest BCUT2D eigenvalue weighted by atomic mass is 9.81. The zero-order valence-electron chi connectivity index (χ0n) is 18.0. The van der Waals surface area contributed by atoms with E-state index in [2.05, 4.69) is 0 Å². The maximum absolute atomic E-state index is 12.9. The first-order valence-corrected chi connectivity index (χ1v) is 11.1. The number of amides is 4. The van der Waals surface area contributed by atoms with Crippen molar-refractivity contribution < 1.29 is 23.9 Å². The lowest BCUT2D eigenvalue weighted by Gasteiger charge is -2.35.